The number of aryl methyl sites for hydroxylation is 1. The van der Waals surface area contributed by atoms with Crippen molar-refractivity contribution < 1.29 is 9.53 Å². The maximum Gasteiger partial charge on any atom is 0.410 e. The quantitative estimate of drug-likeness (QED) is 0.847. The Morgan fingerprint density at radius 2 is 2.11 bits per heavy atom. The van der Waals surface area contributed by atoms with Gasteiger partial charge in [-0.3, -0.25) is 9.20 Å². The standard InChI is InChI=1S/C20H30N4O3S/c1-12-7-8-23(19(26)27-20(4,5)6)14(3)17(12)21-10-15-9-16(25)24-13(2)11-28-18(24)22-15/h9,11-12,14,17,21H,7-8,10H2,1-6H3/t12-,14+,17-/m1/s1. The lowest BCUT2D eigenvalue weighted by Gasteiger charge is -2.43. The van der Waals surface area contributed by atoms with Gasteiger partial charge in [0, 0.05) is 42.3 Å². The van der Waals surface area contributed by atoms with Crippen molar-refractivity contribution in [2.24, 2.45) is 5.92 Å². The van der Waals surface area contributed by atoms with Crippen LogP contribution < -0.4 is 10.9 Å². The monoisotopic (exact) mass is 406 g/mol. The molecule has 0 spiro atoms. The third-order valence-electron chi connectivity index (χ3n) is 5.23. The van der Waals surface area contributed by atoms with Crippen molar-refractivity contribution >= 4 is 22.4 Å². The number of carbonyl (C=O) groups excluding carboxylic acids is 1. The number of thiazole rings is 1. The van der Waals surface area contributed by atoms with Gasteiger partial charge in [0.15, 0.2) is 4.96 Å². The lowest BCUT2D eigenvalue weighted by Crippen LogP contribution is -2.58. The first-order chi connectivity index (χ1) is 13.1. The number of hydrogen-bond acceptors (Lipinski definition) is 6. The lowest BCUT2D eigenvalue weighted by atomic mass is 9.87. The molecular weight excluding hydrogens is 376 g/mol. The number of piperidine rings is 1. The van der Waals surface area contributed by atoms with Gasteiger partial charge in [0.2, 0.25) is 0 Å². The molecule has 154 valence electrons. The van der Waals surface area contributed by atoms with Gasteiger partial charge in [0.1, 0.15) is 5.60 Å². The molecule has 2 aromatic heterocycles. The minimum atomic E-state index is -0.511. The predicted molar refractivity (Wildman–Crippen MR) is 111 cm³/mol. The molecule has 1 aliphatic rings. The second-order valence-electron chi connectivity index (χ2n) is 8.67. The fourth-order valence-electron chi connectivity index (χ4n) is 3.76. The van der Waals surface area contributed by atoms with E-state index in [1.54, 1.807) is 15.4 Å². The normalized spacial score (nSPS) is 23.2. The number of amides is 1. The van der Waals surface area contributed by atoms with Crippen LogP contribution in [0.25, 0.3) is 4.96 Å². The Morgan fingerprint density at radius 1 is 1.39 bits per heavy atom. The van der Waals surface area contributed by atoms with Gasteiger partial charge in [-0.2, -0.15) is 0 Å². The van der Waals surface area contributed by atoms with Crippen LogP contribution >= 0.6 is 11.3 Å². The Bertz CT molecular complexity index is 914. The number of aromatic nitrogens is 2. The zero-order valence-electron chi connectivity index (χ0n) is 17.5. The second-order valence-corrected chi connectivity index (χ2v) is 9.50. The third-order valence-corrected chi connectivity index (χ3v) is 6.17. The van der Waals surface area contributed by atoms with Crippen LogP contribution in [-0.4, -0.2) is 44.6 Å². The summed E-state index contributed by atoms with van der Waals surface area (Å²) in [6.07, 6.45) is 0.631. The molecule has 1 aliphatic heterocycles. The molecule has 1 N–H and O–H groups in total. The van der Waals surface area contributed by atoms with E-state index in [1.165, 1.54) is 11.3 Å². The number of rotatable bonds is 3. The van der Waals surface area contributed by atoms with Gasteiger partial charge < -0.3 is 15.0 Å². The maximum atomic E-state index is 12.6. The van der Waals surface area contributed by atoms with Gasteiger partial charge in [0.05, 0.1) is 5.69 Å². The summed E-state index contributed by atoms with van der Waals surface area (Å²) >= 11 is 1.47. The summed E-state index contributed by atoms with van der Waals surface area (Å²) in [5.74, 6) is 0.405. The summed E-state index contributed by atoms with van der Waals surface area (Å²) in [4.78, 5) is 32.1. The smallest absolute Gasteiger partial charge is 0.410 e. The highest BCUT2D eigenvalue weighted by atomic mass is 32.1. The molecule has 28 heavy (non-hydrogen) atoms. The number of ether oxygens (including phenoxy) is 1. The Hall–Kier alpha value is -1.93. The molecule has 0 unspecified atom stereocenters. The predicted octanol–water partition coefficient (Wildman–Crippen LogP) is 3.19. The first kappa shape index (κ1) is 20.8. The molecule has 3 atom stereocenters. The number of nitrogens with one attached hydrogen (secondary N) is 1. The van der Waals surface area contributed by atoms with Crippen molar-refractivity contribution in [3.63, 3.8) is 0 Å². The maximum absolute atomic E-state index is 12.6. The highest BCUT2D eigenvalue weighted by Gasteiger charge is 2.37. The van der Waals surface area contributed by atoms with Crippen LogP contribution in [-0.2, 0) is 11.3 Å². The lowest BCUT2D eigenvalue weighted by molar-refractivity contribution is 0.000654. The number of fused-ring (bicyclic) bond motifs is 1. The van der Waals surface area contributed by atoms with Crippen molar-refractivity contribution in [3.8, 4) is 0 Å². The average molecular weight is 407 g/mol. The molecule has 1 fully saturated rings. The molecule has 1 saturated heterocycles. The van der Waals surface area contributed by atoms with Crippen LogP contribution in [0, 0.1) is 12.8 Å². The number of nitrogens with zero attached hydrogens (tertiary/aromatic N) is 3. The van der Waals surface area contributed by atoms with Gasteiger partial charge in [-0.05, 0) is 47.0 Å². The third kappa shape index (κ3) is 4.38. The summed E-state index contributed by atoms with van der Waals surface area (Å²) < 4.78 is 7.19. The van der Waals surface area contributed by atoms with Crippen molar-refractivity contribution in [2.75, 3.05) is 6.54 Å². The molecule has 0 aliphatic carbocycles. The number of likely N-dealkylation sites (tertiary alicyclic amines) is 1. The van der Waals surface area contributed by atoms with Crippen LogP contribution in [0.3, 0.4) is 0 Å². The Morgan fingerprint density at radius 3 is 2.79 bits per heavy atom. The highest BCUT2D eigenvalue weighted by molar-refractivity contribution is 7.15. The Balaban J connectivity index is 1.72. The average Bonchev–Trinajstić information content (AvgIpc) is 2.94. The van der Waals surface area contributed by atoms with Crippen molar-refractivity contribution in [1.82, 2.24) is 19.6 Å². The van der Waals surface area contributed by atoms with E-state index in [2.05, 4.69) is 17.2 Å². The van der Waals surface area contributed by atoms with Crippen LogP contribution in [0.5, 0.6) is 0 Å². The van der Waals surface area contributed by atoms with Crippen LogP contribution in [0.15, 0.2) is 16.2 Å². The topological polar surface area (TPSA) is 75.9 Å². The second kappa shape index (κ2) is 7.83. The largest absolute Gasteiger partial charge is 0.444 e. The molecule has 1 amide bonds. The van der Waals surface area contributed by atoms with Crippen LogP contribution in [0.2, 0.25) is 0 Å². The minimum Gasteiger partial charge on any atom is -0.444 e. The Kier molecular flexibility index (Phi) is 5.82. The van der Waals surface area contributed by atoms with E-state index >= 15 is 0 Å². The molecule has 3 heterocycles. The molecular formula is C20H30N4O3S. The first-order valence-corrected chi connectivity index (χ1v) is 10.6. The summed E-state index contributed by atoms with van der Waals surface area (Å²) in [5.41, 5.74) is 1.06. The number of hydrogen-bond donors (Lipinski definition) is 1. The molecule has 0 radical (unpaired) electrons. The molecule has 8 heteroatoms. The molecule has 0 aromatic carbocycles. The molecule has 2 aromatic rings. The first-order valence-electron chi connectivity index (χ1n) is 9.76. The van der Waals surface area contributed by atoms with Gasteiger partial charge in [0.25, 0.3) is 5.56 Å². The zero-order chi connectivity index (χ0) is 20.6. The van der Waals surface area contributed by atoms with E-state index in [9.17, 15) is 9.59 Å². The van der Waals surface area contributed by atoms with Crippen LogP contribution in [0.4, 0.5) is 4.79 Å². The Labute approximate surface area is 169 Å². The van der Waals surface area contributed by atoms with Gasteiger partial charge >= 0.3 is 6.09 Å². The summed E-state index contributed by atoms with van der Waals surface area (Å²) in [5, 5.41) is 5.46. The highest BCUT2D eigenvalue weighted by Crippen LogP contribution is 2.25. The molecule has 0 bridgehead atoms. The summed E-state index contributed by atoms with van der Waals surface area (Å²) in [6, 6.07) is 1.68. The van der Waals surface area contributed by atoms with Gasteiger partial charge in [-0.25, -0.2) is 9.78 Å². The van der Waals surface area contributed by atoms with E-state index in [-0.39, 0.29) is 23.7 Å². The van der Waals surface area contributed by atoms with E-state index in [4.69, 9.17) is 4.74 Å². The minimum absolute atomic E-state index is 0.00703. The van der Waals surface area contributed by atoms with Crippen molar-refractivity contribution in [1.29, 1.82) is 0 Å². The fourth-order valence-corrected chi connectivity index (χ4v) is 4.65. The molecule has 0 saturated carbocycles. The fraction of sp³-hybridized carbons (Fsp3) is 0.650. The summed E-state index contributed by atoms with van der Waals surface area (Å²) in [6.45, 7) is 13.0. The van der Waals surface area contributed by atoms with Gasteiger partial charge in [-0.15, -0.1) is 11.3 Å². The molecule has 3 rings (SSSR count). The SMILES string of the molecule is Cc1csc2nc(CN[C@@H]3[C@H](C)CCN(C(=O)OC(C)(C)C)[C@H]3C)cc(=O)n12. The van der Waals surface area contributed by atoms with Crippen molar-refractivity contribution in [2.45, 2.75) is 72.2 Å². The number of carbonyl (C=O) groups is 1. The van der Waals surface area contributed by atoms with Gasteiger partial charge in [-0.1, -0.05) is 6.92 Å². The van der Waals surface area contributed by atoms with Crippen molar-refractivity contribution in [3.05, 3.63) is 33.2 Å². The van der Waals surface area contributed by atoms with E-state index in [0.717, 1.165) is 17.8 Å². The van der Waals surface area contributed by atoms with E-state index < -0.39 is 5.60 Å². The van der Waals surface area contributed by atoms with E-state index in [0.29, 0.717) is 24.0 Å². The van der Waals surface area contributed by atoms with Crippen LogP contribution in [0.1, 0.15) is 52.4 Å². The molecule has 7 nitrogen and oxygen atoms in total. The summed E-state index contributed by atoms with van der Waals surface area (Å²) in [7, 11) is 0. The van der Waals surface area contributed by atoms with E-state index in [1.807, 2.05) is 40.0 Å². The zero-order valence-corrected chi connectivity index (χ0v) is 18.3.